The molecule has 0 aromatic heterocycles. The quantitative estimate of drug-likeness (QED) is 0.676. The maximum Gasteiger partial charge on any atom is 0.340 e. The molecule has 0 spiro atoms. The molecule has 130 valence electrons. The Balaban J connectivity index is 2.59. The molecule has 1 heterocycles. The molecule has 0 aromatic carbocycles. The van der Waals surface area contributed by atoms with Crippen molar-refractivity contribution >= 4 is 13.6 Å². The number of aliphatic hydroxyl groups is 1. The standard InChI is InChI=1S/C13H28N3O5P/c1-12(2,18)10-21-13(3,4)11(17)15-6-8-16(9-7-15)22(14,19)20-5/h18H,6-10H2,1-5H3,(H2,14,19). The summed E-state index contributed by atoms with van der Waals surface area (Å²) < 4.78 is 23.9. The molecular formula is C13H28N3O5P. The fourth-order valence-electron chi connectivity index (χ4n) is 2.09. The second kappa shape index (κ2) is 6.95. The molecule has 1 rings (SSSR count). The number of hydrogen-bond acceptors (Lipinski definition) is 5. The zero-order chi connectivity index (χ0) is 17.2. The third kappa shape index (κ3) is 5.30. The number of hydrogen-bond donors (Lipinski definition) is 2. The molecule has 9 heteroatoms. The van der Waals surface area contributed by atoms with Gasteiger partial charge in [0.25, 0.3) is 5.91 Å². The van der Waals surface area contributed by atoms with Crippen molar-refractivity contribution in [2.24, 2.45) is 5.50 Å². The van der Waals surface area contributed by atoms with E-state index in [0.29, 0.717) is 26.2 Å². The third-order valence-corrected chi connectivity index (χ3v) is 5.21. The summed E-state index contributed by atoms with van der Waals surface area (Å²) in [5, 5.41) is 9.71. The van der Waals surface area contributed by atoms with Crippen LogP contribution in [0.3, 0.4) is 0 Å². The van der Waals surface area contributed by atoms with E-state index >= 15 is 0 Å². The number of amides is 1. The lowest BCUT2D eigenvalue weighted by molar-refractivity contribution is -0.162. The second-order valence-corrected chi connectivity index (χ2v) is 8.66. The van der Waals surface area contributed by atoms with Crippen LogP contribution < -0.4 is 5.50 Å². The molecule has 22 heavy (non-hydrogen) atoms. The number of ether oxygens (including phenoxy) is 1. The summed E-state index contributed by atoms with van der Waals surface area (Å²) in [6.45, 7) is 8.23. The third-order valence-electron chi connectivity index (χ3n) is 3.50. The van der Waals surface area contributed by atoms with Crippen LogP contribution in [0.5, 0.6) is 0 Å². The van der Waals surface area contributed by atoms with Crippen molar-refractivity contribution in [3.8, 4) is 0 Å². The normalized spacial score (nSPS) is 20.8. The van der Waals surface area contributed by atoms with E-state index < -0.39 is 18.9 Å². The smallest absolute Gasteiger partial charge is 0.340 e. The zero-order valence-corrected chi connectivity index (χ0v) is 14.9. The molecule has 1 fully saturated rings. The van der Waals surface area contributed by atoms with Gasteiger partial charge in [-0.1, -0.05) is 0 Å². The van der Waals surface area contributed by atoms with Crippen LogP contribution in [0.1, 0.15) is 27.7 Å². The fourth-order valence-corrected chi connectivity index (χ4v) is 3.06. The summed E-state index contributed by atoms with van der Waals surface area (Å²) in [6.07, 6.45) is 0. The maximum absolute atomic E-state index is 12.5. The highest BCUT2D eigenvalue weighted by Crippen LogP contribution is 2.41. The van der Waals surface area contributed by atoms with Gasteiger partial charge < -0.3 is 19.3 Å². The van der Waals surface area contributed by atoms with Gasteiger partial charge in [0.15, 0.2) is 0 Å². The Morgan fingerprint density at radius 3 is 2.14 bits per heavy atom. The lowest BCUT2D eigenvalue weighted by atomic mass is 10.1. The Bertz CT molecular complexity index is 441. The molecule has 0 saturated carbocycles. The van der Waals surface area contributed by atoms with Gasteiger partial charge in [0, 0.05) is 33.3 Å². The molecule has 0 bridgehead atoms. The van der Waals surface area contributed by atoms with Crippen LogP contribution in [0, 0.1) is 0 Å². The maximum atomic E-state index is 12.5. The van der Waals surface area contributed by atoms with Gasteiger partial charge in [0.2, 0.25) is 0 Å². The molecule has 3 N–H and O–H groups in total. The summed E-state index contributed by atoms with van der Waals surface area (Å²) in [5.74, 6) is -0.166. The SMILES string of the molecule is COP(N)(=O)N1CCN(C(=O)C(C)(C)OCC(C)(C)O)CC1. The molecule has 1 amide bonds. The van der Waals surface area contributed by atoms with E-state index in [1.165, 1.54) is 7.11 Å². The van der Waals surface area contributed by atoms with Gasteiger partial charge in [-0.3, -0.25) is 9.36 Å². The second-order valence-electron chi connectivity index (χ2n) is 6.60. The van der Waals surface area contributed by atoms with Crippen molar-refractivity contribution in [1.82, 2.24) is 9.57 Å². The predicted octanol–water partition coefficient (Wildman–Crippen LogP) is 0.410. The van der Waals surface area contributed by atoms with Crippen LogP contribution in [0.25, 0.3) is 0 Å². The van der Waals surface area contributed by atoms with Crippen molar-refractivity contribution < 1.29 is 23.7 Å². The van der Waals surface area contributed by atoms with E-state index in [0.717, 1.165) is 0 Å². The molecular weight excluding hydrogens is 309 g/mol. The number of nitrogens with zero attached hydrogens (tertiary/aromatic N) is 2. The number of carbonyl (C=O) groups excluding carboxylic acids is 1. The van der Waals surface area contributed by atoms with Crippen LogP contribution in [0.4, 0.5) is 0 Å². The van der Waals surface area contributed by atoms with Crippen molar-refractivity contribution in [1.29, 1.82) is 0 Å². The molecule has 0 radical (unpaired) electrons. The molecule has 1 atom stereocenters. The van der Waals surface area contributed by atoms with Crippen molar-refractivity contribution in [3.05, 3.63) is 0 Å². The molecule has 1 aliphatic rings. The minimum atomic E-state index is -3.25. The number of nitrogens with two attached hydrogens (primary N) is 1. The number of piperazine rings is 1. The lowest BCUT2D eigenvalue weighted by Gasteiger charge is -2.39. The average molecular weight is 337 g/mol. The monoisotopic (exact) mass is 337 g/mol. The average Bonchev–Trinajstić information content (AvgIpc) is 2.44. The van der Waals surface area contributed by atoms with E-state index in [1.54, 1.807) is 37.3 Å². The molecule has 1 aliphatic heterocycles. The summed E-state index contributed by atoms with van der Waals surface area (Å²) in [6, 6.07) is 0. The van der Waals surface area contributed by atoms with Gasteiger partial charge in [-0.2, -0.15) is 0 Å². The van der Waals surface area contributed by atoms with Gasteiger partial charge in [0.1, 0.15) is 5.60 Å². The van der Waals surface area contributed by atoms with Crippen LogP contribution in [-0.2, 0) is 18.6 Å². The first-order valence-corrected chi connectivity index (χ1v) is 8.89. The summed E-state index contributed by atoms with van der Waals surface area (Å²) >= 11 is 0. The number of carbonyl (C=O) groups is 1. The lowest BCUT2D eigenvalue weighted by Crippen LogP contribution is -2.55. The fraction of sp³-hybridized carbons (Fsp3) is 0.923. The van der Waals surface area contributed by atoms with Crippen molar-refractivity contribution in [2.75, 3.05) is 39.9 Å². The highest BCUT2D eigenvalue weighted by Gasteiger charge is 2.38. The van der Waals surface area contributed by atoms with Crippen LogP contribution in [0.15, 0.2) is 0 Å². The van der Waals surface area contributed by atoms with Gasteiger partial charge in [-0.05, 0) is 27.7 Å². The van der Waals surface area contributed by atoms with E-state index in [9.17, 15) is 14.5 Å². The number of rotatable bonds is 6. The Labute approximate surface area is 132 Å². The van der Waals surface area contributed by atoms with Gasteiger partial charge in [-0.15, -0.1) is 0 Å². The molecule has 0 aliphatic carbocycles. The first-order valence-electron chi connectivity index (χ1n) is 7.24. The van der Waals surface area contributed by atoms with Gasteiger partial charge in [0.05, 0.1) is 12.2 Å². The Morgan fingerprint density at radius 2 is 1.73 bits per heavy atom. The Kier molecular flexibility index (Phi) is 6.17. The highest BCUT2D eigenvalue weighted by molar-refractivity contribution is 7.53. The van der Waals surface area contributed by atoms with Crippen LogP contribution >= 0.6 is 7.67 Å². The Hall–Kier alpha value is -0.500. The molecule has 0 aromatic rings. The zero-order valence-electron chi connectivity index (χ0n) is 14.0. The predicted molar refractivity (Wildman–Crippen MR) is 83.3 cm³/mol. The van der Waals surface area contributed by atoms with Crippen LogP contribution in [0.2, 0.25) is 0 Å². The van der Waals surface area contributed by atoms with Gasteiger partial charge >= 0.3 is 7.67 Å². The minimum absolute atomic E-state index is 0.0629. The van der Waals surface area contributed by atoms with Crippen LogP contribution in [-0.4, -0.2) is 71.7 Å². The van der Waals surface area contributed by atoms with E-state index in [1.807, 2.05) is 0 Å². The minimum Gasteiger partial charge on any atom is -0.388 e. The van der Waals surface area contributed by atoms with E-state index in [4.69, 9.17) is 14.8 Å². The van der Waals surface area contributed by atoms with E-state index in [2.05, 4.69) is 0 Å². The molecule has 8 nitrogen and oxygen atoms in total. The Morgan fingerprint density at radius 1 is 1.23 bits per heavy atom. The summed E-state index contributed by atoms with van der Waals surface area (Å²) in [4.78, 5) is 14.2. The largest absolute Gasteiger partial charge is 0.388 e. The highest BCUT2D eigenvalue weighted by atomic mass is 31.2. The van der Waals surface area contributed by atoms with E-state index in [-0.39, 0.29) is 12.5 Å². The van der Waals surface area contributed by atoms with Crippen molar-refractivity contribution in [3.63, 3.8) is 0 Å². The first kappa shape index (κ1) is 19.5. The first-order chi connectivity index (χ1) is 9.89. The molecule has 1 unspecified atom stereocenters. The van der Waals surface area contributed by atoms with Crippen molar-refractivity contribution in [2.45, 2.75) is 38.9 Å². The van der Waals surface area contributed by atoms with Gasteiger partial charge in [-0.25, -0.2) is 10.2 Å². The summed E-state index contributed by atoms with van der Waals surface area (Å²) in [5.41, 5.74) is 3.57. The summed E-state index contributed by atoms with van der Waals surface area (Å²) in [7, 11) is -1.94. The topological polar surface area (TPSA) is 105 Å². The molecule has 1 saturated heterocycles.